The molecule has 3 aliphatic rings. The molecule has 16 unspecified atom stereocenters. The lowest BCUT2D eigenvalue weighted by atomic mass is 9.91. The number of aliphatic hydroxyl groups excluding tert-OH is 6. The van der Waals surface area contributed by atoms with Gasteiger partial charge in [0.2, 0.25) is 0 Å². The molecule has 0 aromatic heterocycles. The molecule has 3 rings (SSSR count). The Labute approximate surface area is 313 Å². The van der Waals surface area contributed by atoms with E-state index in [0.717, 1.165) is 19.5 Å². The zero-order valence-corrected chi connectivity index (χ0v) is 33.2. The molecular formula is C35H67O17P. The zero-order valence-electron chi connectivity index (χ0n) is 32.3. The van der Waals surface area contributed by atoms with Crippen molar-refractivity contribution in [2.24, 2.45) is 17.8 Å². The van der Waals surface area contributed by atoms with Gasteiger partial charge in [-0.2, -0.15) is 0 Å². The molecule has 314 valence electrons. The van der Waals surface area contributed by atoms with Crippen LogP contribution in [0.25, 0.3) is 0 Å². The highest BCUT2D eigenvalue weighted by Gasteiger charge is 2.48. The van der Waals surface area contributed by atoms with E-state index in [0.29, 0.717) is 32.5 Å². The van der Waals surface area contributed by atoms with Gasteiger partial charge in [0.05, 0.1) is 50.3 Å². The molecule has 17 nitrogen and oxygen atoms in total. The first kappa shape index (κ1) is 47.0. The molecule has 0 aliphatic carbocycles. The van der Waals surface area contributed by atoms with Gasteiger partial charge in [-0.3, -0.25) is 4.57 Å². The van der Waals surface area contributed by atoms with Crippen molar-refractivity contribution in [1.29, 1.82) is 0 Å². The standard InChI is InChI=1S/C35H67O17P/c1-20-26(36)30(40)24(51-32(20)45-14-9-8-10-16-49-53(7,42)43)18-47-34-22(3)28(38)31(41)25(52-34)19-46-33-21(2)27(37)29(39)23(50-33)17-44-13-11-12-15-48-35(4,5)6/h20-34,36-41H,8-19H2,1-7H3,(H,42,43). The SMILES string of the molecule is CC1C(OCC2OC(OCC3OC(OCCCCCOP(C)(=O)O)C(C)C(O)C3O)C(C)C(O)C2O)OC(COCCCCOC(C)(C)C)C(O)C1O. The second-order valence-electron chi connectivity index (χ2n) is 15.6. The Balaban J connectivity index is 1.48. The van der Waals surface area contributed by atoms with Crippen molar-refractivity contribution >= 4 is 7.60 Å². The highest BCUT2D eigenvalue weighted by molar-refractivity contribution is 7.51. The maximum Gasteiger partial charge on any atom is 0.325 e. The molecule has 0 bridgehead atoms. The molecular weight excluding hydrogens is 723 g/mol. The van der Waals surface area contributed by atoms with E-state index >= 15 is 0 Å². The minimum absolute atomic E-state index is 0.0267. The van der Waals surface area contributed by atoms with Gasteiger partial charge < -0.3 is 78.0 Å². The summed E-state index contributed by atoms with van der Waals surface area (Å²) in [6.07, 6.45) is -9.89. The molecule has 3 fully saturated rings. The lowest BCUT2D eigenvalue weighted by Gasteiger charge is -2.45. The van der Waals surface area contributed by atoms with Gasteiger partial charge >= 0.3 is 7.60 Å². The summed E-state index contributed by atoms with van der Waals surface area (Å²) >= 11 is 0. The number of aliphatic hydroxyl groups is 6. The maximum atomic E-state index is 11.2. The first-order valence-corrected chi connectivity index (χ1v) is 20.9. The molecule has 0 aromatic carbocycles. The highest BCUT2D eigenvalue weighted by atomic mass is 31.2. The van der Waals surface area contributed by atoms with E-state index in [2.05, 4.69) is 0 Å². The van der Waals surface area contributed by atoms with Crippen LogP contribution < -0.4 is 0 Å². The maximum absolute atomic E-state index is 11.2. The molecule has 3 aliphatic heterocycles. The minimum atomic E-state index is -3.51. The van der Waals surface area contributed by atoms with Gasteiger partial charge in [-0.25, -0.2) is 0 Å². The van der Waals surface area contributed by atoms with Crippen molar-refractivity contribution in [3.05, 3.63) is 0 Å². The van der Waals surface area contributed by atoms with Crippen molar-refractivity contribution in [3.63, 3.8) is 0 Å². The largest absolute Gasteiger partial charge is 0.390 e. The van der Waals surface area contributed by atoms with Crippen LogP contribution in [0.3, 0.4) is 0 Å². The third-order valence-electron chi connectivity index (χ3n) is 9.77. The number of ether oxygens (including phenoxy) is 8. The van der Waals surface area contributed by atoms with Crippen LogP contribution in [-0.2, 0) is 47.0 Å². The number of hydrogen-bond donors (Lipinski definition) is 7. The Morgan fingerprint density at radius 3 is 1.40 bits per heavy atom. The van der Waals surface area contributed by atoms with E-state index in [4.69, 9.17) is 42.4 Å². The number of rotatable bonds is 21. The Morgan fingerprint density at radius 2 is 0.943 bits per heavy atom. The Morgan fingerprint density at radius 1 is 0.547 bits per heavy atom. The van der Waals surface area contributed by atoms with Crippen LogP contribution in [0.1, 0.15) is 73.6 Å². The Bertz CT molecular complexity index is 1080. The van der Waals surface area contributed by atoms with Crippen LogP contribution >= 0.6 is 7.60 Å². The second-order valence-corrected chi connectivity index (χ2v) is 17.5. The van der Waals surface area contributed by atoms with Crippen LogP contribution in [0.2, 0.25) is 0 Å². The molecule has 18 heteroatoms. The fourth-order valence-corrected chi connectivity index (χ4v) is 6.74. The summed E-state index contributed by atoms with van der Waals surface area (Å²) in [5.74, 6) is -1.89. The molecule has 53 heavy (non-hydrogen) atoms. The normalized spacial score (nSPS) is 39.5. The van der Waals surface area contributed by atoms with Crippen LogP contribution in [0.15, 0.2) is 0 Å². The summed E-state index contributed by atoms with van der Waals surface area (Å²) < 4.78 is 63.2. The van der Waals surface area contributed by atoms with Crippen LogP contribution in [0.5, 0.6) is 0 Å². The topological polar surface area (TPSA) is 242 Å². The third-order valence-corrected chi connectivity index (χ3v) is 10.4. The molecule has 7 N–H and O–H groups in total. The Kier molecular flexibility index (Phi) is 19.4. The van der Waals surface area contributed by atoms with Crippen LogP contribution in [0.4, 0.5) is 0 Å². The fraction of sp³-hybridized carbons (Fsp3) is 1.00. The summed E-state index contributed by atoms with van der Waals surface area (Å²) in [4.78, 5) is 9.21. The van der Waals surface area contributed by atoms with Crippen molar-refractivity contribution in [1.82, 2.24) is 0 Å². The monoisotopic (exact) mass is 790 g/mol. The van der Waals surface area contributed by atoms with Gasteiger partial charge in [0, 0.05) is 44.2 Å². The minimum Gasteiger partial charge on any atom is -0.390 e. The van der Waals surface area contributed by atoms with E-state index in [9.17, 15) is 40.1 Å². The molecule has 16 atom stereocenters. The second kappa shape index (κ2) is 21.9. The number of hydrogen-bond acceptors (Lipinski definition) is 16. The van der Waals surface area contributed by atoms with Crippen molar-refractivity contribution in [2.45, 2.75) is 153 Å². The van der Waals surface area contributed by atoms with E-state index in [1.165, 1.54) is 0 Å². The molecule has 3 heterocycles. The first-order valence-electron chi connectivity index (χ1n) is 18.9. The quantitative estimate of drug-likeness (QED) is 0.0631. The smallest absolute Gasteiger partial charge is 0.325 e. The average molecular weight is 791 g/mol. The zero-order chi connectivity index (χ0) is 39.5. The van der Waals surface area contributed by atoms with Crippen LogP contribution in [0, 0.1) is 17.8 Å². The summed E-state index contributed by atoms with van der Waals surface area (Å²) in [7, 11) is -3.51. The van der Waals surface area contributed by atoms with E-state index in [1.54, 1.807) is 20.8 Å². The summed E-state index contributed by atoms with van der Waals surface area (Å²) in [6.45, 7) is 13.1. The first-order chi connectivity index (χ1) is 24.8. The van der Waals surface area contributed by atoms with Gasteiger partial charge in [0.25, 0.3) is 0 Å². The molecule has 0 aromatic rings. The predicted octanol–water partition coefficient (Wildman–Crippen LogP) is 0.899. The van der Waals surface area contributed by atoms with Gasteiger partial charge in [-0.15, -0.1) is 0 Å². The fourth-order valence-electron chi connectivity index (χ4n) is 6.27. The van der Waals surface area contributed by atoms with Gasteiger partial charge in [-0.05, 0) is 52.9 Å². The van der Waals surface area contributed by atoms with Gasteiger partial charge in [-0.1, -0.05) is 20.8 Å². The molecule has 0 spiro atoms. The Hall–Kier alpha value is -0.410. The summed E-state index contributed by atoms with van der Waals surface area (Å²) in [5, 5.41) is 64.5. The molecule has 0 saturated carbocycles. The molecule has 3 saturated heterocycles. The number of unbranched alkanes of at least 4 members (excludes halogenated alkanes) is 3. The highest BCUT2D eigenvalue weighted by Crippen LogP contribution is 2.36. The molecule has 0 amide bonds. The third kappa shape index (κ3) is 15.1. The van der Waals surface area contributed by atoms with Crippen molar-refractivity contribution < 1.29 is 82.5 Å². The summed E-state index contributed by atoms with van der Waals surface area (Å²) in [6, 6.07) is 0. The lowest BCUT2D eigenvalue weighted by molar-refractivity contribution is -0.328. The van der Waals surface area contributed by atoms with Crippen molar-refractivity contribution in [2.75, 3.05) is 52.9 Å². The van der Waals surface area contributed by atoms with E-state index < -0.39 is 99.2 Å². The van der Waals surface area contributed by atoms with Gasteiger partial charge in [0.15, 0.2) is 18.9 Å². The van der Waals surface area contributed by atoms with Gasteiger partial charge in [0.1, 0.15) is 36.6 Å². The lowest BCUT2D eigenvalue weighted by Crippen LogP contribution is -2.59. The van der Waals surface area contributed by atoms with Crippen molar-refractivity contribution in [3.8, 4) is 0 Å². The van der Waals surface area contributed by atoms with Crippen LogP contribution in [-0.4, -0.2) is 168 Å². The molecule has 0 radical (unpaired) electrons. The van der Waals surface area contributed by atoms with E-state index in [-0.39, 0.29) is 38.6 Å². The average Bonchev–Trinajstić information content (AvgIpc) is 3.08. The predicted molar refractivity (Wildman–Crippen MR) is 189 cm³/mol. The van der Waals surface area contributed by atoms with E-state index in [1.807, 2.05) is 20.8 Å². The summed E-state index contributed by atoms with van der Waals surface area (Å²) in [5.41, 5.74) is -0.213.